The zero-order chi connectivity index (χ0) is 10.7. The number of pyridine rings is 1. The fourth-order valence-electron chi connectivity index (χ4n) is 1.27. The second-order valence-electron chi connectivity index (χ2n) is 3.15. The third kappa shape index (κ3) is 2.50. The minimum atomic E-state index is -0.176. The Bertz CT molecular complexity index is 469. The Labute approximate surface area is 91.9 Å². The van der Waals surface area contributed by atoms with Crippen molar-refractivity contribution in [2.45, 2.75) is 6.92 Å². The van der Waals surface area contributed by atoms with Gasteiger partial charge in [0.25, 0.3) is 0 Å². The summed E-state index contributed by atoms with van der Waals surface area (Å²) in [5.41, 5.74) is 0.929. The van der Waals surface area contributed by atoms with Gasteiger partial charge in [0.05, 0.1) is 16.4 Å². The molecule has 0 radical (unpaired) electrons. The van der Waals surface area contributed by atoms with Crippen LogP contribution in [0.3, 0.4) is 0 Å². The summed E-state index contributed by atoms with van der Waals surface area (Å²) in [5.74, 6) is -0.176. The van der Waals surface area contributed by atoms with Crippen LogP contribution in [0, 0.1) is 0 Å². The molecule has 0 saturated heterocycles. The van der Waals surface area contributed by atoms with Crippen LogP contribution in [0.4, 0.5) is 4.39 Å². The van der Waals surface area contributed by atoms with E-state index in [0.717, 1.165) is 15.4 Å². The molecule has 0 fully saturated rings. The lowest BCUT2D eigenvalue weighted by Gasteiger charge is -1.93. The van der Waals surface area contributed by atoms with Gasteiger partial charge in [-0.25, -0.2) is 4.39 Å². The van der Waals surface area contributed by atoms with Crippen molar-refractivity contribution in [3.8, 4) is 10.6 Å². The number of aromatic nitrogens is 1. The lowest BCUT2D eigenvalue weighted by atomic mass is 10.3. The third-order valence-electron chi connectivity index (χ3n) is 1.89. The number of rotatable bonds is 2. The monoisotopic (exact) mass is 219 g/mol. The van der Waals surface area contributed by atoms with Gasteiger partial charge in [0.2, 0.25) is 0 Å². The predicted octanol–water partition coefficient (Wildman–Crippen LogP) is 4.14. The van der Waals surface area contributed by atoms with Gasteiger partial charge >= 0.3 is 0 Å². The molecule has 0 aromatic carbocycles. The van der Waals surface area contributed by atoms with Crippen molar-refractivity contribution in [2.75, 3.05) is 0 Å². The summed E-state index contributed by atoms with van der Waals surface area (Å²) < 4.78 is 12.7. The van der Waals surface area contributed by atoms with E-state index >= 15 is 0 Å². The number of nitrogens with zero attached hydrogens (tertiary/aromatic N) is 1. The Morgan fingerprint density at radius 3 is 2.87 bits per heavy atom. The van der Waals surface area contributed by atoms with Gasteiger partial charge in [0, 0.05) is 11.1 Å². The molecule has 0 aliphatic rings. The third-order valence-corrected chi connectivity index (χ3v) is 2.94. The maximum Gasteiger partial charge on any atom is 0.0982 e. The molecule has 0 amide bonds. The molecule has 0 saturated carbocycles. The maximum atomic E-state index is 12.7. The lowest BCUT2D eigenvalue weighted by molar-refractivity contribution is 0.648. The molecule has 0 aliphatic heterocycles. The Kier molecular flexibility index (Phi) is 2.92. The van der Waals surface area contributed by atoms with E-state index in [0.29, 0.717) is 0 Å². The summed E-state index contributed by atoms with van der Waals surface area (Å²) in [6, 6.07) is 9.63. The normalized spacial score (nSPS) is 11.7. The first kappa shape index (κ1) is 10.1. The van der Waals surface area contributed by atoms with Crippen LogP contribution in [-0.2, 0) is 0 Å². The van der Waals surface area contributed by atoms with Crippen LogP contribution in [0.15, 0.2) is 42.4 Å². The topological polar surface area (TPSA) is 12.9 Å². The highest BCUT2D eigenvalue weighted by molar-refractivity contribution is 7.16. The van der Waals surface area contributed by atoms with Crippen molar-refractivity contribution in [1.29, 1.82) is 0 Å². The first-order valence-electron chi connectivity index (χ1n) is 4.61. The van der Waals surface area contributed by atoms with E-state index in [1.807, 2.05) is 30.3 Å². The molecule has 0 bridgehead atoms. The number of allylic oxidation sites excluding steroid dienone is 1. The molecule has 0 atom stereocenters. The van der Waals surface area contributed by atoms with Crippen LogP contribution in [0.25, 0.3) is 16.6 Å². The number of hydrogen-bond acceptors (Lipinski definition) is 2. The first-order valence-corrected chi connectivity index (χ1v) is 5.42. The van der Waals surface area contributed by atoms with E-state index in [1.54, 1.807) is 6.20 Å². The maximum absolute atomic E-state index is 12.7. The van der Waals surface area contributed by atoms with E-state index < -0.39 is 0 Å². The van der Waals surface area contributed by atoms with Crippen LogP contribution in [0.1, 0.15) is 11.8 Å². The summed E-state index contributed by atoms with van der Waals surface area (Å²) in [6.45, 7) is 1.44. The zero-order valence-corrected chi connectivity index (χ0v) is 9.09. The van der Waals surface area contributed by atoms with Gasteiger partial charge in [0.15, 0.2) is 0 Å². The highest BCUT2D eigenvalue weighted by Crippen LogP contribution is 2.27. The number of halogens is 1. The highest BCUT2D eigenvalue weighted by Gasteiger charge is 2.01. The van der Waals surface area contributed by atoms with Crippen LogP contribution in [0.5, 0.6) is 0 Å². The molecule has 2 heterocycles. The average molecular weight is 219 g/mol. The van der Waals surface area contributed by atoms with E-state index in [2.05, 4.69) is 4.98 Å². The van der Waals surface area contributed by atoms with Crippen LogP contribution >= 0.6 is 11.3 Å². The summed E-state index contributed by atoms with van der Waals surface area (Å²) in [7, 11) is 0. The molecule has 2 aromatic heterocycles. The van der Waals surface area contributed by atoms with E-state index in [-0.39, 0.29) is 5.83 Å². The Morgan fingerprint density at radius 1 is 1.33 bits per heavy atom. The van der Waals surface area contributed by atoms with Crippen LogP contribution in [-0.4, -0.2) is 4.98 Å². The van der Waals surface area contributed by atoms with Gasteiger partial charge in [-0.2, -0.15) is 0 Å². The Morgan fingerprint density at radius 2 is 2.20 bits per heavy atom. The summed E-state index contributed by atoms with van der Waals surface area (Å²) in [6.07, 6.45) is 3.28. The second kappa shape index (κ2) is 4.36. The summed E-state index contributed by atoms with van der Waals surface area (Å²) in [4.78, 5) is 6.21. The molecule has 76 valence electrons. The van der Waals surface area contributed by atoms with Gasteiger partial charge in [-0.05, 0) is 37.3 Å². The van der Waals surface area contributed by atoms with E-state index in [9.17, 15) is 4.39 Å². The highest BCUT2D eigenvalue weighted by atomic mass is 32.1. The molecule has 0 aliphatic carbocycles. The SMILES string of the molecule is C/C(F)=C\c1ccc(-c2ccccn2)s1. The van der Waals surface area contributed by atoms with Gasteiger partial charge in [-0.3, -0.25) is 4.98 Å². The van der Waals surface area contributed by atoms with Crippen molar-refractivity contribution < 1.29 is 4.39 Å². The van der Waals surface area contributed by atoms with Crippen molar-refractivity contribution in [2.24, 2.45) is 0 Å². The molecule has 2 aromatic rings. The molecule has 0 spiro atoms. The quantitative estimate of drug-likeness (QED) is 0.739. The van der Waals surface area contributed by atoms with Crippen molar-refractivity contribution in [3.63, 3.8) is 0 Å². The molecule has 0 unspecified atom stereocenters. The fraction of sp³-hybridized carbons (Fsp3) is 0.0833. The van der Waals surface area contributed by atoms with Gasteiger partial charge in [0.1, 0.15) is 0 Å². The molecule has 1 nitrogen and oxygen atoms in total. The average Bonchev–Trinajstić information content (AvgIpc) is 2.67. The summed E-state index contributed by atoms with van der Waals surface area (Å²) in [5, 5.41) is 0. The largest absolute Gasteiger partial charge is 0.255 e. The first-order chi connectivity index (χ1) is 7.25. The van der Waals surface area contributed by atoms with E-state index in [4.69, 9.17) is 0 Å². The Balaban J connectivity index is 2.32. The van der Waals surface area contributed by atoms with Crippen LogP contribution in [0.2, 0.25) is 0 Å². The van der Waals surface area contributed by atoms with Crippen molar-refractivity contribution >= 4 is 17.4 Å². The van der Waals surface area contributed by atoms with Gasteiger partial charge in [-0.1, -0.05) is 6.07 Å². The number of thiophene rings is 1. The fourth-order valence-corrected chi connectivity index (χ4v) is 2.25. The van der Waals surface area contributed by atoms with Crippen LogP contribution < -0.4 is 0 Å². The zero-order valence-electron chi connectivity index (χ0n) is 8.27. The molecular weight excluding hydrogens is 209 g/mol. The lowest BCUT2D eigenvalue weighted by Crippen LogP contribution is -1.75. The van der Waals surface area contributed by atoms with Crippen molar-refractivity contribution in [1.82, 2.24) is 4.98 Å². The minimum Gasteiger partial charge on any atom is -0.255 e. The molecule has 0 N–H and O–H groups in total. The van der Waals surface area contributed by atoms with Crippen molar-refractivity contribution in [3.05, 3.63) is 47.2 Å². The molecule has 15 heavy (non-hydrogen) atoms. The second-order valence-corrected chi connectivity index (χ2v) is 4.26. The minimum absolute atomic E-state index is 0.176. The van der Waals surface area contributed by atoms with Gasteiger partial charge in [-0.15, -0.1) is 11.3 Å². The van der Waals surface area contributed by atoms with E-state index in [1.165, 1.54) is 24.3 Å². The van der Waals surface area contributed by atoms with Gasteiger partial charge < -0.3 is 0 Å². The smallest absolute Gasteiger partial charge is 0.0982 e. The standard InChI is InChI=1S/C12H10FNS/c1-9(13)8-10-5-6-12(15-10)11-4-2-3-7-14-11/h2-8H,1H3/b9-8+. The number of hydrogen-bond donors (Lipinski definition) is 0. The molecule has 2 rings (SSSR count). The summed E-state index contributed by atoms with van der Waals surface area (Å²) >= 11 is 1.54. The Hall–Kier alpha value is -1.48. The molecule has 3 heteroatoms. The molecular formula is C12H10FNS. The predicted molar refractivity (Wildman–Crippen MR) is 62.3 cm³/mol.